The second-order valence-electron chi connectivity index (χ2n) is 8.06. The summed E-state index contributed by atoms with van der Waals surface area (Å²) in [4.78, 5) is 34.4. The smallest absolute Gasteiger partial charge is 0.225 e. The summed E-state index contributed by atoms with van der Waals surface area (Å²) in [5.41, 5.74) is 3.83. The number of carbonyl (C=O) groups is 1. The van der Waals surface area contributed by atoms with E-state index in [1.165, 1.54) is 17.3 Å². The van der Waals surface area contributed by atoms with Crippen LogP contribution in [0.25, 0.3) is 22.1 Å². The number of rotatable bonds is 5. The zero-order chi connectivity index (χ0) is 20.5. The van der Waals surface area contributed by atoms with Crippen LogP contribution in [0.1, 0.15) is 25.3 Å². The van der Waals surface area contributed by atoms with Crippen molar-refractivity contribution >= 4 is 33.8 Å². The number of carbonyl (C=O) groups excluding carboxylic acids is 1. The predicted octanol–water partition coefficient (Wildman–Crippen LogP) is 2.80. The van der Waals surface area contributed by atoms with Crippen LogP contribution in [-0.2, 0) is 11.2 Å². The van der Waals surface area contributed by atoms with Gasteiger partial charge in [-0.3, -0.25) is 4.79 Å². The predicted molar refractivity (Wildman–Crippen MR) is 116 cm³/mol. The van der Waals surface area contributed by atoms with Gasteiger partial charge in [-0.05, 0) is 37.8 Å². The Bertz CT molecular complexity index is 1180. The van der Waals surface area contributed by atoms with E-state index in [2.05, 4.69) is 54.2 Å². The maximum atomic E-state index is 13.0. The number of H-pyrrole nitrogens is 2. The number of benzene rings is 1. The molecule has 8 heteroatoms. The molecule has 4 heterocycles. The lowest BCUT2D eigenvalue weighted by molar-refractivity contribution is -0.125. The highest BCUT2D eigenvalue weighted by atomic mass is 16.2. The molecule has 0 radical (unpaired) electrons. The number of nitrogens with zero attached hydrogens (tertiary/aromatic N) is 4. The lowest BCUT2D eigenvalue weighted by Gasteiger charge is -2.33. The highest BCUT2D eigenvalue weighted by Gasteiger charge is 2.28. The van der Waals surface area contributed by atoms with E-state index in [-0.39, 0.29) is 17.9 Å². The van der Waals surface area contributed by atoms with Gasteiger partial charge in [0, 0.05) is 36.2 Å². The van der Waals surface area contributed by atoms with E-state index in [4.69, 9.17) is 0 Å². The molecule has 0 unspecified atom stereocenters. The number of hydrogen-bond acceptors (Lipinski definition) is 5. The molecule has 4 aromatic rings. The first-order valence-corrected chi connectivity index (χ1v) is 10.4. The molecule has 1 fully saturated rings. The summed E-state index contributed by atoms with van der Waals surface area (Å²) in [5.74, 6) is 0.876. The van der Waals surface area contributed by atoms with Crippen molar-refractivity contribution in [3.63, 3.8) is 0 Å². The molecule has 0 spiro atoms. The molecule has 3 N–H and O–H groups in total. The molecule has 30 heavy (non-hydrogen) atoms. The minimum absolute atomic E-state index is 0.0582. The van der Waals surface area contributed by atoms with E-state index in [0.717, 1.165) is 42.7 Å². The van der Waals surface area contributed by atoms with Crippen molar-refractivity contribution in [1.29, 1.82) is 0 Å². The molecule has 154 valence electrons. The highest BCUT2D eigenvalue weighted by molar-refractivity contribution is 5.85. The fourth-order valence-corrected chi connectivity index (χ4v) is 4.42. The van der Waals surface area contributed by atoms with E-state index in [0.29, 0.717) is 12.2 Å². The maximum absolute atomic E-state index is 13.0. The van der Waals surface area contributed by atoms with E-state index in [1.807, 2.05) is 18.3 Å². The van der Waals surface area contributed by atoms with Crippen molar-refractivity contribution in [1.82, 2.24) is 30.2 Å². The Morgan fingerprint density at radius 2 is 2.17 bits per heavy atom. The first-order valence-electron chi connectivity index (χ1n) is 10.4. The third kappa shape index (κ3) is 3.49. The average Bonchev–Trinajstić information content (AvgIpc) is 3.41. The normalized spacial score (nSPS) is 18.0. The lowest BCUT2D eigenvalue weighted by atomic mass is 9.96. The number of aromatic amines is 2. The quantitative estimate of drug-likeness (QED) is 0.476. The van der Waals surface area contributed by atoms with E-state index in [1.54, 1.807) is 6.33 Å². The molecule has 1 saturated heterocycles. The van der Waals surface area contributed by atoms with E-state index >= 15 is 0 Å². The van der Waals surface area contributed by atoms with Crippen molar-refractivity contribution < 1.29 is 4.79 Å². The summed E-state index contributed by atoms with van der Waals surface area (Å²) in [6.07, 6.45) is 7.84. The topological polar surface area (TPSA) is 103 Å². The number of piperidine rings is 1. The van der Waals surface area contributed by atoms with Gasteiger partial charge < -0.3 is 20.2 Å². The van der Waals surface area contributed by atoms with Gasteiger partial charge in [-0.25, -0.2) is 15.0 Å². The minimum Gasteiger partial charge on any atom is -0.361 e. The van der Waals surface area contributed by atoms with Gasteiger partial charge in [-0.1, -0.05) is 18.2 Å². The number of aromatic nitrogens is 5. The summed E-state index contributed by atoms with van der Waals surface area (Å²) >= 11 is 0. The molecule has 1 aliphatic heterocycles. The Hall–Kier alpha value is -3.42. The van der Waals surface area contributed by atoms with Gasteiger partial charge in [0.25, 0.3) is 0 Å². The lowest BCUT2D eigenvalue weighted by Crippen LogP contribution is -2.46. The van der Waals surface area contributed by atoms with Crippen LogP contribution in [0.3, 0.4) is 0 Å². The van der Waals surface area contributed by atoms with Crippen LogP contribution < -0.4 is 10.2 Å². The van der Waals surface area contributed by atoms with Crippen LogP contribution >= 0.6 is 0 Å². The molecular formula is C22H25N7O. The summed E-state index contributed by atoms with van der Waals surface area (Å²) in [7, 11) is 0. The third-order valence-corrected chi connectivity index (χ3v) is 5.88. The number of hydrogen-bond donors (Lipinski definition) is 3. The average molecular weight is 403 g/mol. The molecule has 2 atom stereocenters. The second kappa shape index (κ2) is 7.78. The van der Waals surface area contributed by atoms with E-state index in [9.17, 15) is 4.79 Å². The maximum Gasteiger partial charge on any atom is 0.225 e. The van der Waals surface area contributed by atoms with Crippen molar-refractivity contribution in [2.75, 3.05) is 18.0 Å². The minimum atomic E-state index is -0.0582. The van der Waals surface area contributed by atoms with Crippen molar-refractivity contribution in [3.8, 4) is 0 Å². The van der Waals surface area contributed by atoms with Crippen LogP contribution in [0.5, 0.6) is 0 Å². The molecule has 1 aliphatic rings. The SMILES string of the molecule is C[C@@H](Cc1c[nH]c2ccccc12)NC(=O)[C@@H]1CCCN(c2ncnc3nc[nH]c23)C1. The molecule has 0 saturated carbocycles. The Kier molecular flexibility index (Phi) is 4.82. The van der Waals surface area contributed by atoms with Crippen LogP contribution in [0.15, 0.2) is 43.1 Å². The molecule has 5 rings (SSSR count). The van der Waals surface area contributed by atoms with Crippen molar-refractivity contribution in [3.05, 3.63) is 48.7 Å². The Balaban J connectivity index is 1.25. The molecular weight excluding hydrogens is 378 g/mol. The molecule has 1 amide bonds. The first kappa shape index (κ1) is 18.6. The molecule has 8 nitrogen and oxygen atoms in total. The van der Waals surface area contributed by atoms with Gasteiger partial charge in [-0.15, -0.1) is 0 Å². The number of imidazole rings is 1. The number of para-hydroxylation sites is 1. The largest absolute Gasteiger partial charge is 0.361 e. The number of anilines is 1. The van der Waals surface area contributed by atoms with E-state index < -0.39 is 0 Å². The summed E-state index contributed by atoms with van der Waals surface area (Å²) in [6, 6.07) is 8.32. The number of nitrogens with one attached hydrogen (secondary N) is 3. The Morgan fingerprint density at radius 1 is 1.27 bits per heavy atom. The third-order valence-electron chi connectivity index (χ3n) is 5.88. The summed E-state index contributed by atoms with van der Waals surface area (Å²) in [5, 5.41) is 4.44. The molecule has 0 aliphatic carbocycles. The van der Waals surface area contributed by atoms with Gasteiger partial charge in [0.1, 0.15) is 11.8 Å². The first-order chi connectivity index (χ1) is 14.7. The fraction of sp³-hybridized carbons (Fsp3) is 0.364. The van der Waals surface area contributed by atoms with Crippen LogP contribution in [0, 0.1) is 5.92 Å². The zero-order valence-corrected chi connectivity index (χ0v) is 16.9. The van der Waals surface area contributed by atoms with Crippen molar-refractivity contribution in [2.24, 2.45) is 5.92 Å². The number of amides is 1. The fourth-order valence-electron chi connectivity index (χ4n) is 4.42. The standard InChI is InChI=1S/C22H25N7O/c1-14(9-16-10-23-18-7-3-2-6-17(16)18)28-22(30)15-5-4-8-29(11-15)21-19-20(25-12-24-19)26-13-27-21/h2-3,6-7,10,12-15,23H,4-5,8-9,11H2,1H3,(H,28,30)(H,24,25,26,27)/t14-,15+/m0/s1. The second-order valence-corrected chi connectivity index (χ2v) is 8.06. The molecule has 1 aromatic carbocycles. The van der Waals surface area contributed by atoms with Crippen molar-refractivity contribution in [2.45, 2.75) is 32.2 Å². The monoisotopic (exact) mass is 403 g/mol. The van der Waals surface area contributed by atoms with Crippen LogP contribution in [-0.4, -0.2) is 50.0 Å². The number of fused-ring (bicyclic) bond motifs is 2. The molecule has 0 bridgehead atoms. The zero-order valence-electron chi connectivity index (χ0n) is 16.9. The Labute approximate surface area is 174 Å². The van der Waals surface area contributed by atoms with Crippen LogP contribution in [0.2, 0.25) is 0 Å². The van der Waals surface area contributed by atoms with Gasteiger partial charge >= 0.3 is 0 Å². The van der Waals surface area contributed by atoms with Gasteiger partial charge in [0.05, 0.1) is 12.2 Å². The highest BCUT2D eigenvalue weighted by Crippen LogP contribution is 2.26. The summed E-state index contributed by atoms with van der Waals surface area (Å²) in [6.45, 7) is 3.59. The van der Waals surface area contributed by atoms with Gasteiger partial charge in [-0.2, -0.15) is 0 Å². The summed E-state index contributed by atoms with van der Waals surface area (Å²) < 4.78 is 0. The Morgan fingerprint density at radius 3 is 3.10 bits per heavy atom. The van der Waals surface area contributed by atoms with Gasteiger partial charge in [0.15, 0.2) is 11.5 Å². The molecule has 3 aromatic heterocycles. The van der Waals surface area contributed by atoms with Gasteiger partial charge in [0.2, 0.25) is 5.91 Å². The van der Waals surface area contributed by atoms with Crippen LogP contribution in [0.4, 0.5) is 5.82 Å².